The molecule has 128 valence electrons. The van der Waals surface area contributed by atoms with E-state index in [0.717, 1.165) is 6.26 Å². The van der Waals surface area contributed by atoms with Crippen molar-refractivity contribution in [2.45, 2.75) is 11.1 Å². The largest absolute Gasteiger partial charge is 0.416 e. The SMILES string of the molecule is CS(=O)(=O)c1cccc(NC(=O)c2cc(C(F)(F)F)cc(Cl)n2)c1. The lowest BCUT2D eigenvalue weighted by atomic mass is 10.2. The lowest BCUT2D eigenvalue weighted by molar-refractivity contribution is -0.137. The van der Waals surface area contributed by atoms with Crippen LogP contribution in [0.15, 0.2) is 41.3 Å². The molecule has 0 radical (unpaired) electrons. The van der Waals surface area contributed by atoms with Crippen LogP contribution in [0.4, 0.5) is 18.9 Å². The molecule has 0 aliphatic carbocycles. The first-order valence-electron chi connectivity index (χ1n) is 6.33. The van der Waals surface area contributed by atoms with E-state index in [0.29, 0.717) is 12.1 Å². The van der Waals surface area contributed by atoms with Crippen molar-refractivity contribution in [2.24, 2.45) is 0 Å². The van der Waals surface area contributed by atoms with Crippen molar-refractivity contribution in [3.8, 4) is 0 Å². The zero-order chi connectivity index (χ0) is 18.1. The molecule has 0 bridgehead atoms. The van der Waals surface area contributed by atoms with Gasteiger partial charge in [0.15, 0.2) is 9.84 Å². The normalized spacial score (nSPS) is 12.0. The van der Waals surface area contributed by atoms with Crippen molar-refractivity contribution in [2.75, 3.05) is 11.6 Å². The average Bonchev–Trinajstić information content (AvgIpc) is 2.45. The number of carbonyl (C=O) groups excluding carboxylic acids is 1. The number of rotatable bonds is 3. The van der Waals surface area contributed by atoms with Gasteiger partial charge in [-0.25, -0.2) is 13.4 Å². The van der Waals surface area contributed by atoms with Gasteiger partial charge in [0.1, 0.15) is 10.8 Å². The fraction of sp³-hybridized carbons (Fsp3) is 0.143. The van der Waals surface area contributed by atoms with E-state index < -0.39 is 38.3 Å². The Balaban J connectivity index is 2.33. The number of hydrogen-bond donors (Lipinski definition) is 1. The van der Waals surface area contributed by atoms with Crippen molar-refractivity contribution < 1.29 is 26.4 Å². The Bertz CT molecular complexity index is 898. The second kappa shape index (κ2) is 6.40. The number of amides is 1. The summed E-state index contributed by atoms with van der Waals surface area (Å²) in [6.45, 7) is 0. The first kappa shape index (κ1) is 18.2. The molecule has 0 saturated carbocycles. The highest BCUT2D eigenvalue weighted by Crippen LogP contribution is 2.31. The van der Waals surface area contributed by atoms with Crippen LogP contribution < -0.4 is 5.32 Å². The van der Waals surface area contributed by atoms with Crippen LogP contribution in [0.2, 0.25) is 5.15 Å². The second-order valence-electron chi connectivity index (χ2n) is 4.82. The minimum atomic E-state index is -4.68. The van der Waals surface area contributed by atoms with Crippen LogP contribution in [-0.2, 0) is 16.0 Å². The van der Waals surface area contributed by atoms with E-state index in [9.17, 15) is 26.4 Å². The summed E-state index contributed by atoms with van der Waals surface area (Å²) in [6.07, 6.45) is -3.69. The quantitative estimate of drug-likeness (QED) is 0.830. The predicted octanol–water partition coefficient (Wildman–Crippen LogP) is 3.41. The number of carbonyl (C=O) groups is 1. The predicted molar refractivity (Wildman–Crippen MR) is 81.8 cm³/mol. The Morgan fingerprint density at radius 1 is 1.21 bits per heavy atom. The van der Waals surface area contributed by atoms with Gasteiger partial charge in [0.25, 0.3) is 5.91 Å². The van der Waals surface area contributed by atoms with Gasteiger partial charge in [-0.15, -0.1) is 0 Å². The molecule has 0 unspecified atom stereocenters. The Kier molecular flexibility index (Phi) is 4.86. The number of pyridine rings is 1. The third kappa shape index (κ3) is 4.45. The number of benzene rings is 1. The number of nitrogens with zero attached hydrogens (tertiary/aromatic N) is 1. The summed E-state index contributed by atoms with van der Waals surface area (Å²) in [6, 6.07) is 6.44. The number of alkyl halides is 3. The maximum absolute atomic E-state index is 12.7. The van der Waals surface area contributed by atoms with E-state index in [2.05, 4.69) is 10.3 Å². The molecule has 0 spiro atoms. The highest BCUT2D eigenvalue weighted by Gasteiger charge is 2.32. The van der Waals surface area contributed by atoms with Crippen molar-refractivity contribution in [3.05, 3.63) is 52.8 Å². The summed E-state index contributed by atoms with van der Waals surface area (Å²) in [7, 11) is -3.50. The highest BCUT2D eigenvalue weighted by atomic mass is 35.5. The molecular weight excluding hydrogens is 369 g/mol. The maximum Gasteiger partial charge on any atom is 0.416 e. The molecule has 0 atom stereocenters. The third-order valence-electron chi connectivity index (χ3n) is 2.87. The van der Waals surface area contributed by atoms with E-state index in [-0.39, 0.29) is 10.6 Å². The van der Waals surface area contributed by atoms with E-state index in [1.165, 1.54) is 24.3 Å². The van der Waals surface area contributed by atoms with Crippen LogP contribution in [0, 0.1) is 0 Å². The number of nitrogens with one attached hydrogen (secondary N) is 1. The lowest BCUT2D eigenvalue weighted by Gasteiger charge is -2.10. The van der Waals surface area contributed by atoms with Gasteiger partial charge in [-0.2, -0.15) is 13.2 Å². The van der Waals surface area contributed by atoms with Crippen LogP contribution in [0.3, 0.4) is 0 Å². The van der Waals surface area contributed by atoms with Gasteiger partial charge < -0.3 is 5.32 Å². The minimum Gasteiger partial charge on any atom is -0.321 e. The van der Waals surface area contributed by atoms with E-state index in [4.69, 9.17) is 11.6 Å². The molecule has 0 aliphatic rings. The minimum absolute atomic E-state index is 0.0460. The molecular formula is C14H10ClF3N2O3S. The van der Waals surface area contributed by atoms with Gasteiger partial charge in [-0.1, -0.05) is 17.7 Å². The topological polar surface area (TPSA) is 76.1 Å². The van der Waals surface area contributed by atoms with Crippen LogP contribution in [0.25, 0.3) is 0 Å². The maximum atomic E-state index is 12.7. The van der Waals surface area contributed by atoms with E-state index in [1.807, 2.05) is 0 Å². The van der Waals surface area contributed by atoms with Crippen molar-refractivity contribution >= 4 is 33.0 Å². The number of halogens is 4. The summed E-state index contributed by atoms with van der Waals surface area (Å²) in [5.74, 6) is -0.950. The number of sulfone groups is 1. The lowest BCUT2D eigenvalue weighted by Crippen LogP contribution is -2.16. The Labute approximate surface area is 140 Å². The van der Waals surface area contributed by atoms with E-state index in [1.54, 1.807) is 0 Å². The van der Waals surface area contributed by atoms with Crippen molar-refractivity contribution in [3.63, 3.8) is 0 Å². The molecule has 1 heterocycles. The molecule has 1 amide bonds. The number of hydrogen-bond acceptors (Lipinski definition) is 4. The van der Waals surface area contributed by atoms with Gasteiger partial charge >= 0.3 is 6.18 Å². The zero-order valence-corrected chi connectivity index (χ0v) is 13.6. The van der Waals surface area contributed by atoms with E-state index >= 15 is 0 Å². The summed E-state index contributed by atoms with van der Waals surface area (Å²) in [4.78, 5) is 15.6. The van der Waals surface area contributed by atoms with Gasteiger partial charge in [-0.05, 0) is 30.3 Å². The number of anilines is 1. The smallest absolute Gasteiger partial charge is 0.321 e. The molecule has 0 aliphatic heterocycles. The highest BCUT2D eigenvalue weighted by molar-refractivity contribution is 7.90. The van der Waals surface area contributed by atoms with Gasteiger partial charge in [-0.3, -0.25) is 4.79 Å². The summed E-state index contributed by atoms with van der Waals surface area (Å²) in [5, 5.41) is 1.80. The van der Waals surface area contributed by atoms with Gasteiger partial charge in [0.05, 0.1) is 10.5 Å². The first-order chi connectivity index (χ1) is 11.0. The third-order valence-corrected chi connectivity index (χ3v) is 4.18. The molecule has 24 heavy (non-hydrogen) atoms. The summed E-state index contributed by atoms with van der Waals surface area (Å²) < 4.78 is 61.2. The van der Waals surface area contributed by atoms with Crippen LogP contribution in [0.1, 0.15) is 16.1 Å². The summed E-state index contributed by atoms with van der Waals surface area (Å²) in [5.41, 5.74) is -1.56. The fourth-order valence-electron chi connectivity index (χ4n) is 1.78. The zero-order valence-electron chi connectivity index (χ0n) is 12.1. The first-order valence-corrected chi connectivity index (χ1v) is 8.60. The molecule has 0 fully saturated rings. The monoisotopic (exact) mass is 378 g/mol. The molecule has 2 rings (SSSR count). The van der Waals surface area contributed by atoms with Crippen LogP contribution in [-0.4, -0.2) is 25.6 Å². The fourth-order valence-corrected chi connectivity index (χ4v) is 2.65. The molecule has 1 N–H and O–H groups in total. The molecule has 2 aromatic rings. The Hall–Kier alpha value is -2.13. The molecule has 1 aromatic carbocycles. The standard InChI is InChI=1S/C14H10ClF3N2O3S/c1-24(22,23)10-4-2-3-9(7-10)19-13(21)11-5-8(14(16,17)18)6-12(15)20-11/h2-7H,1H3,(H,19,21). The van der Waals surface area contributed by atoms with Crippen molar-refractivity contribution in [1.82, 2.24) is 4.98 Å². The Morgan fingerprint density at radius 2 is 1.88 bits per heavy atom. The van der Waals surface area contributed by atoms with Crippen LogP contribution in [0.5, 0.6) is 0 Å². The second-order valence-corrected chi connectivity index (χ2v) is 7.22. The number of aromatic nitrogens is 1. The Morgan fingerprint density at radius 3 is 2.46 bits per heavy atom. The van der Waals surface area contributed by atoms with Gasteiger partial charge in [0, 0.05) is 11.9 Å². The molecule has 0 saturated heterocycles. The van der Waals surface area contributed by atoms with Gasteiger partial charge in [0.2, 0.25) is 0 Å². The molecule has 1 aromatic heterocycles. The summed E-state index contributed by atoms with van der Waals surface area (Å²) >= 11 is 5.52. The van der Waals surface area contributed by atoms with Crippen LogP contribution >= 0.6 is 11.6 Å². The average molecular weight is 379 g/mol. The van der Waals surface area contributed by atoms with Crippen molar-refractivity contribution in [1.29, 1.82) is 0 Å². The molecule has 10 heteroatoms. The molecule has 5 nitrogen and oxygen atoms in total.